The number of nitrogen functional groups attached to an aromatic ring is 1. The lowest BCUT2D eigenvalue weighted by atomic mass is 9.98. The van der Waals surface area contributed by atoms with Crippen LogP contribution in [0, 0.1) is 0 Å². The van der Waals surface area contributed by atoms with Gasteiger partial charge in [-0.05, 0) is 34.0 Å². The number of para-hydroxylation sites is 1. The van der Waals surface area contributed by atoms with Crippen molar-refractivity contribution in [2.45, 2.75) is 0 Å². The van der Waals surface area contributed by atoms with E-state index in [1.165, 1.54) is 4.68 Å². The van der Waals surface area contributed by atoms with E-state index in [1.807, 2.05) is 54.6 Å². The van der Waals surface area contributed by atoms with Crippen molar-refractivity contribution in [3.63, 3.8) is 0 Å². The van der Waals surface area contributed by atoms with Gasteiger partial charge in [0.2, 0.25) is 5.69 Å². The predicted molar refractivity (Wildman–Crippen MR) is 149 cm³/mol. The second-order valence-corrected chi connectivity index (χ2v) is 9.80. The van der Waals surface area contributed by atoms with Crippen LogP contribution in [-0.4, -0.2) is 30.3 Å². The van der Waals surface area contributed by atoms with Crippen LogP contribution in [0.4, 0.5) is 5.69 Å². The Morgan fingerprint density at radius 2 is 1.62 bits per heavy atom. The largest absolute Gasteiger partial charge is 0.539 e. The van der Waals surface area contributed by atoms with Crippen molar-refractivity contribution in [2.24, 2.45) is 0 Å². The first-order chi connectivity index (χ1) is 19.5. The van der Waals surface area contributed by atoms with Crippen molar-refractivity contribution >= 4 is 33.0 Å². The summed E-state index contributed by atoms with van der Waals surface area (Å²) in [5, 5.41) is 17.1. The van der Waals surface area contributed by atoms with Crippen LogP contribution in [-0.2, 0) is 0 Å². The molecule has 10 heteroatoms. The number of fused-ring (bicyclic) bond motifs is 1. The highest BCUT2D eigenvalue weighted by Gasteiger charge is 2.33. The van der Waals surface area contributed by atoms with Gasteiger partial charge >= 0.3 is 5.69 Å². The highest BCUT2D eigenvalue weighted by molar-refractivity contribution is 7.21. The Balaban J connectivity index is 1.58. The van der Waals surface area contributed by atoms with Gasteiger partial charge in [0.15, 0.2) is 17.4 Å². The van der Waals surface area contributed by atoms with Crippen LogP contribution in [0.5, 0.6) is 17.4 Å². The molecule has 0 bridgehead atoms. The van der Waals surface area contributed by atoms with Crippen molar-refractivity contribution in [3.8, 4) is 45.5 Å². The third kappa shape index (κ3) is 4.20. The van der Waals surface area contributed by atoms with Crippen LogP contribution in [0.25, 0.3) is 38.3 Å². The average molecular weight is 551 g/mol. The number of nitrogens with two attached hydrogens (primary N) is 1. The molecule has 0 radical (unpaired) electrons. The van der Waals surface area contributed by atoms with E-state index < -0.39 is 11.7 Å². The van der Waals surface area contributed by atoms with Gasteiger partial charge in [0.05, 0.1) is 30.9 Å². The number of hydrogen-bond acceptors (Lipinski definition) is 9. The fourth-order valence-electron chi connectivity index (χ4n) is 4.57. The molecule has 0 aliphatic rings. The second kappa shape index (κ2) is 10.2. The Kier molecular flexibility index (Phi) is 6.37. The Bertz CT molecular complexity index is 1870. The molecule has 6 aromatic rings. The van der Waals surface area contributed by atoms with E-state index in [-0.39, 0.29) is 16.3 Å². The minimum Gasteiger partial charge on any atom is -0.539 e. The topological polar surface area (TPSA) is 127 Å². The number of nitrogens with zero attached hydrogens (tertiary/aromatic N) is 3. The van der Waals surface area contributed by atoms with Gasteiger partial charge in [-0.25, -0.2) is 4.98 Å². The normalized spacial score (nSPS) is 11.1. The molecule has 0 amide bonds. The fraction of sp³-hybridized carbons (Fsp3) is 0.0667. The maximum Gasteiger partial charge on any atom is 0.312 e. The number of benzene rings is 3. The van der Waals surface area contributed by atoms with E-state index >= 15 is 0 Å². The Morgan fingerprint density at radius 3 is 2.33 bits per heavy atom. The summed E-state index contributed by atoms with van der Waals surface area (Å²) in [7, 11) is 3.14. The zero-order chi connectivity index (χ0) is 27.8. The lowest BCUT2D eigenvalue weighted by Gasteiger charge is -2.12. The maximum atomic E-state index is 13.8. The van der Waals surface area contributed by atoms with Crippen molar-refractivity contribution in [3.05, 3.63) is 95.5 Å². The Hall–Kier alpha value is -5.22. The number of anilines is 1. The minimum atomic E-state index is -0.858. The molecule has 0 spiro atoms. The molecule has 0 aliphatic carbocycles. The molecule has 198 valence electrons. The van der Waals surface area contributed by atoms with Crippen LogP contribution in [0.2, 0.25) is 0 Å². The van der Waals surface area contributed by atoms with E-state index in [4.69, 9.17) is 24.7 Å². The summed E-state index contributed by atoms with van der Waals surface area (Å²) in [6, 6.07) is 26.0. The summed E-state index contributed by atoms with van der Waals surface area (Å²) in [6.45, 7) is 0. The van der Waals surface area contributed by atoms with Crippen LogP contribution >= 0.6 is 11.3 Å². The van der Waals surface area contributed by atoms with Gasteiger partial charge in [0, 0.05) is 23.1 Å². The van der Waals surface area contributed by atoms with Crippen molar-refractivity contribution in [1.29, 1.82) is 0 Å². The van der Waals surface area contributed by atoms with E-state index in [1.54, 1.807) is 44.6 Å². The van der Waals surface area contributed by atoms with Gasteiger partial charge in [-0.1, -0.05) is 54.6 Å². The van der Waals surface area contributed by atoms with E-state index in [2.05, 4.69) is 5.27 Å². The van der Waals surface area contributed by atoms with E-state index in [0.29, 0.717) is 33.1 Å². The molecule has 3 aromatic heterocycles. The molecule has 3 heterocycles. The molecule has 0 atom stereocenters. The van der Waals surface area contributed by atoms with Crippen molar-refractivity contribution < 1.29 is 28.6 Å². The third-order valence-electron chi connectivity index (χ3n) is 6.50. The molecule has 0 aliphatic heterocycles. The Labute approximate surface area is 232 Å². The van der Waals surface area contributed by atoms with Crippen molar-refractivity contribution in [2.75, 3.05) is 20.0 Å². The first-order valence-corrected chi connectivity index (χ1v) is 13.0. The number of ketones is 1. The summed E-state index contributed by atoms with van der Waals surface area (Å²) >= 11 is 1.11. The molecule has 0 unspecified atom stereocenters. The molecule has 3 aromatic carbocycles. The van der Waals surface area contributed by atoms with E-state index in [0.717, 1.165) is 28.0 Å². The van der Waals surface area contributed by atoms with Crippen LogP contribution < -0.4 is 25.0 Å². The lowest BCUT2D eigenvalue weighted by Crippen LogP contribution is -2.39. The summed E-state index contributed by atoms with van der Waals surface area (Å²) < 4.78 is 17.0. The fourth-order valence-corrected chi connectivity index (χ4v) is 5.63. The first kappa shape index (κ1) is 25.1. The molecule has 0 saturated heterocycles. The third-order valence-corrected chi connectivity index (χ3v) is 7.59. The minimum absolute atomic E-state index is 0.166. The van der Waals surface area contributed by atoms with Gasteiger partial charge in [-0.15, -0.1) is 11.3 Å². The number of ether oxygens (including phenoxy) is 2. The number of carbonyl (C=O) groups excluding carboxylic acids is 1. The monoisotopic (exact) mass is 550 g/mol. The van der Waals surface area contributed by atoms with Crippen molar-refractivity contribution in [1.82, 2.24) is 10.3 Å². The summed E-state index contributed by atoms with van der Waals surface area (Å²) in [5.74, 6) is -0.338. The van der Waals surface area contributed by atoms with Crippen LogP contribution in [0.15, 0.2) is 89.5 Å². The highest BCUT2D eigenvalue weighted by atomic mass is 32.1. The second-order valence-electron chi connectivity index (χ2n) is 8.80. The molecule has 9 nitrogen and oxygen atoms in total. The number of carbonyl (C=O) groups is 1. The van der Waals surface area contributed by atoms with Gasteiger partial charge in [-0.3, -0.25) is 4.79 Å². The molecule has 0 fully saturated rings. The zero-order valence-corrected chi connectivity index (χ0v) is 22.3. The van der Waals surface area contributed by atoms with Gasteiger partial charge in [0.1, 0.15) is 9.71 Å². The van der Waals surface area contributed by atoms with Gasteiger partial charge in [-0.2, -0.15) is 0 Å². The number of pyridine rings is 1. The number of hydrogen-bond donors (Lipinski definition) is 1. The number of rotatable bonds is 7. The molecule has 6 rings (SSSR count). The summed E-state index contributed by atoms with van der Waals surface area (Å²) in [6.07, 6.45) is 0. The summed E-state index contributed by atoms with van der Waals surface area (Å²) in [5.41, 5.74) is 10.3. The molecule has 40 heavy (non-hydrogen) atoms. The zero-order valence-electron chi connectivity index (χ0n) is 21.5. The number of thiophene rings is 1. The van der Waals surface area contributed by atoms with E-state index in [9.17, 15) is 9.90 Å². The highest BCUT2D eigenvalue weighted by Crippen LogP contribution is 2.43. The van der Waals surface area contributed by atoms with Gasteiger partial charge < -0.3 is 24.8 Å². The smallest absolute Gasteiger partial charge is 0.312 e. The average Bonchev–Trinajstić information content (AvgIpc) is 3.56. The summed E-state index contributed by atoms with van der Waals surface area (Å²) in [4.78, 5) is 19.4. The quantitative estimate of drug-likeness (QED) is 0.222. The number of aromatic nitrogens is 3. The standard InChI is InChI=1S/C30H22N4O5S/c1-37-22-14-13-18(15-23(22)38-2)20-16-21(17-9-5-3-6-10-17)32-29-24(20)25(31)28(40-29)27(35)26-30(36)39-33-34(26)19-11-7-4-8-12-19/h3-16H,1-2H3,(H2-,31,33,35,36). The van der Waals surface area contributed by atoms with Gasteiger partial charge in [0.25, 0.3) is 5.78 Å². The molecular weight excluding hydrogens is 528 g/mol. The number of methoxy groups -OCH3 is 2. The SMILES string of the molecule is COc1ccc(-c2cc(-c3ccccc3)nc3sc(C(=O)c4c([O-])on[n+]4-c4ccccc4)c(N)c23)cc1OC. The molecular formula is C30H22N4O5S. The molecule has 0 saturated carbocycles. The predicted octanol–water partition coefficient (Wildman–Crippen LogP) is 4.80. The first-order valence-electron chi connectivity index (χ1n) is 12.2. The van der Waals surface area contributed by atoms with Crippen LogP contribution in [0.3, 0.4) is 0 Å². The lowest BCUT2D eigenvalue weighted by molar-refractivity contribution is -0.672. The Morgan fingerprint density at radius 1 is 0.925 bits per heavy atom. The van der Waals surface area contributed by atoms with Crippen LogP contribution in [0.1, 0.15) is 15.4 Å². The maximum absolute atomic E-state index is 13.8. The molecule has 2 N–H and O–H groups in total.